The molecule has 0 aromatic carbocycles. The Labute approximate surface area is 76.0 Å². The van der Waals surface area contributed by atoms with E-state index in [-0.39, 0.29) is 0 Å². The maximum absolute atomic E-state index is 4.95. The number of rotatable bonds is 8. The minimum Gasteiger partial charge on any atom is -0.385 e. The molecule has 2 heteroatoms. The summed E-state index contributed by atoms with van der Waals surface area (Å²) in [5.41, 5.74) is 0. The number of hydrogen-bond acceptors (Lipinski definition) is 2. The normalized spacial score (nSPS) is 12.8. The fourth-order valence-electron chi connectivity index (χ4n) is 1.05. The van der Waals surface area contributed by atoms with Crippen LogP contribution in [0.25, 0.3) is 0 Å². The van der Waals surface area contributed by atoms with Crippen molar-refractivity contribution in [3.05, 3.63) is 12.7 Å². The maximum Gasteiger partial charge on any atom is 0.0462 e. The van der Waals surface area contributed by atoms with E-state index in [1.165, 1.54) is 6.42 Å². The molecular formula is C10H21NO. The number of nitrogens with one attached hydrogen (secondary N) is 1. The zero-order valence-electron chi connectivity index (χ0n) is 8.31. The quantitative estimate of drug-likeness (QED) is 0.445. The molecule has 0 heterocycles. The van der Waals surface area contributed by atoms with Gasteiger partial charge in [-0.2, -0.15) is 0 Å². The largest absolute Gasteiger partial charge is 0.385 e. The number of hydrogen-bond donors (Lipinski definition) is 1. The highest BCUT2D eigenvalue weighted by atomic mass is 16.5. The second-order valence-corrected chi connectivity index (χ2v) is 3.08. The van der Waals surface area contributed by atoms with E-state index in [2.05, 4.69) is 18.8 Å². The van der Waals surface area contributed by atoms with Gasteiger partial charge in [-0.05, 0) is 32.7 Å². The number of methoxy groups -OCH3 is 1. The molecule has 1 N–H and O–H groups in total. The van der Waals surface area contributed by atoms with Gasteiger partial charge in [-0.1, -0.05) is 6.08 Å². The average Bonchev–Trinajstić information content (AvgIpc) is 2.05. The van der Waals surface area contributed by atoms with Crippen LogP contribution in [-0.4, -0.2) is 26.3 Å². The first kappa shape index (κ1) is 11.7. The third-order valence-corrected chi connectivity index (χ3v) is 1.79. The van der Waals surface area contributed by atoms with E-state index >= 15 is 0 Å². The molecule has 0 radical (unpaired) electrons. The molecule has 0 rings (SSSR count). The Kier molecular flexibility index (Phi) is 8.51. The second kappa shape index (κ2) is 8.75. The Bertz CT molecular complexity index is 104. The minimum atomic E-state index is 0.560. The van der Waals surface area contributed by atoms with Crippen LogP contribution in [0.4, 0.5) is 0 Å². The minimum absolute atomic E-state index is 0.560. The highest BCUT2D eigenvalue weighted by Gasteiger charge is 1.96. The van der Waals surface area contributed by atoms with E-state index in [1.807, 2.05) is 6.08 Å². The first-order valence-corrected chi connectivity index (χ1v) is 4.64. The fourth-order valence-corrected chi connectivity index (χ4v) is 1.05. The average molecular weight is 171 g/mol. The van der Waals surface area contributed by atoms with Crippen molar-refractivity contribution >= 4 is 0 Å². The van der Waals surface area contributed by atoms with Crippen LogP contribution >= 0.6 is 0 Å². The zero-order chi connectivity index (χ0) is 9.23. The van der Waals surface area contributed by atoms with Gasteiger partial charge in [-0.15, -0.1) is 6.58 Å². The highest BCUT2D eigenvalue weighted by molar-refractivity contribution is 4.74. The van der Waals surface area contributed by atoms with Crippen LogP contribution in [-0.2, 0) is 4.74 Å². The molecule has 0 saturated carbocycles. The molecule has 0 amide bonds. The summed E-state index contributed by atoms with van der Waals surface area (Å²) < 4.78 is 4.95. The maximum atomic E-state index is 4.95. The van der Waals surface area contributed by atoms with Crippen molar-refractivity contribution in [2.24, 2.45) is 0 Å². The van der Waals surface area contributed by atoms with Gasteiger partial charge in [0, 0.05) is 19.8 Å². The molecule has 0 aliphatic rings. The van der Waals surface area contributed by atoms with Gasteiger partial charge in [0.2, 0.25) is 0 Å². The standard InChI is InChI=1S/C10H21NO/c1-4-7-10(2)11-8-5-6-9-12-3/h4,10-11H,1,5-9H2,2-3H3. The fraction of sp³-hybridized carbons (Fsp3) is 0.800. The van der Waals surface area contributed by atoms with E-state index in [9.17, 15) is 0 Å². The third-order valence-electron chi connectivity index (χ3n) is 1.79. The van der Waals surface area contributed by atoms with Crippen LogP contribution in [0.1, 0.15) is 26.2 Å². The number of ether oxygens (including phenoxy) is 1. The molecule has 0 aromatic rings. The van der Waals surface area contributed by atoms with Gasteiger partial charge in [0.1, 0.15) is 0 Å². The van der Waals surface area contributed by atoms with E-state index in [0.29, 0.717) is 6.04 Å². The van der Waals surface area contributed by atoms with Gasteiger partial charge in [0.25, 0.3) is 0 Å². The molecule has 2 nitrogen and oxygen atoms in total. The lowest BCUT2D eigenvalue weighted by atomic mass is 10.2. The molecule has 0 saturated heterocycles. The van der Waals surface area contributed by atoms with Crippen molar-refractivity contribution in [1.82, 2.24) is 5.32 Å². The lowest BCUT2D eigenvalue weighted by Crippen LogP contribution is -2.26. The summed E-state index contributed by atoms with van der Waals surface area (Å²) in [4.78, 5) is 0. The van der Waals surface area contributed by atoms with Crippen molar-refractivity contribution in [2.75, 3.05) is 20.3 Å². The Hall–Kier alpha value is -0.340. The predicted octanol–water partition coefficient (Wildman–Crippen LogP) is 1.97. The lowest BCUT2D eigenvalue weighted by Gasteiger charge is -2.10. The summed E-state index contributed by atoms with van der Waals surface area (Å²) in [6.07, 6.45) is 5.33. The molecule has 1 unspecified atom stereocenters. The molecule has 0 bridgehead atoms. The summed E-state index contributed by atoms with van der Waals surface area (Å²) in [5, 5.41) is 3.42. The van der Waals surface area contributed by atoms with Crippen LogP contribution < -0.4 is 5.32 Å². The van der Waals surface area contributed by atoms with Gasteiger partial charge in [0.15, 0.2) is 0 Å². The Morgan fingerprint density at radius 1 is 1.50 bits per heavy atom. The lowest BCUT2D eigenvalue weighted by molar-refractivity contribution is 0.192. The smallest absolute Gasteiger partial charge is 0.0462 e. The van der Waals surface area contributed by atoms with Gasteiger partial charge in [-0.25, -0.2) is 0 Å². The molecule has 0 aliphatic heterocycles. The van der Waals surface area contributed by atoms with E-state index < -0.39 is 0 Å². The molecule has 0 spiro atoms. The van der Waals surface area contributed by atoms with Gasteiger partial charge in [0.05, 0.1) is 0 Å². The molecule has 0 aromatic heterocycles. The molecule has 0 fully saturated rings. The van der Waals surface area contributed by atoms with Crippen molar-refractivity contribution in [3.63, 3.8) is 0 Å². The predicted molar refractivity (Wildman–Crippen MR) is 53.4 cm³/mol. The van der Waals surface area contributed by atoms with Gasteiger partial charge >= 0.3 is 0 Å². The SMILES string of the molecule is C=CCC(C)NCCCCOC. The Morgan fingerprint density at radius 3 is 2.83 bits per heavy atom. The molecule has 1 atom stereocenters. The summed E-state index contributed by atoms with van der Waals surface area (Å²) in [6, 6.07) is 0.560. The second-order valence-electron chi connectivity index (χ2n) is 3.08. The van der Waals surface area contributed by atoms with Crippen molar-refractivity contribution in [2.45, 2.75) is 32.2 Å². The molecule has 0 aliphatic carbocycles. The first-order chi connectivity index (χ1) is 5.81. The van der Waals surface area contributed by atoms with Crippen molar-refractivity contribution in [1.29, 1.82) is 0 Å². The van der Waals surface area contributed by atoms with E-state index in [0.717, 1.165) is 26.0 Å². The van der Waals surface area contributed by atoms with E-state index in [4.69, 9.17) is 4.74 Å². The summed E-state index contributed by atoms with van der Waals surface area (Å²) in [7, 11) is 1.74. The monoisotopic (exact) mass is 171 g/mol. The Morgan fingerprint density at radius 2 is 2.25 bits per heavy atom. The van der Waals surface area contributed by atoms with Gasteiger partial charge < -0.3 is 10.1 Å². The molecule has 12 heavy (non-hydrogen) atoms. The van der Waals surface area contributed by atoms with Crippen LogP contribution in [0.5, 0.6) is 0 Å². The van der Waals surface area contributed by atoms with Crippen molar-refractivity contribution in [3.8, 4) is 0 Å². The number of unbranched alkanes of at least 4 members (excludes halogenated alkanes) is 1. The van der Waals surface area contributed by atoms with Crippen LogP contribution in [0.2, 0.25) is 0 Å². The zero-order valence-corrected chi connectivity index (χ0v) is 8.31. The summed E-state index contributed by atoms with van der Waals surface area (Å²) in [6.45, 7) is 7.83. The van der Waals surface area contributed by atoms with Crippen LogP contribution in [0, 0.1) is 0 Å². The third kappa shape index (κ3) is 7.76. The summed E-state index contributed by atoms with van der Waals surface area (Å²) >= 11 is 0. The van der Waals surface area contributed by atoms with Gasteiger partial charge in [-0.3, -0.25) is 0 Å². The Balaban J connectivity index is 3.02. The van der Waals surface area contributed by atoms with Crippen LogP contribution in [0.3, 0.4) is 0 Å². The molecule has 72 valence electrons. The van der Waals surface area contributed by atoms with E-state index in [1.54, 1.807) is 7.11 Å². The molecular weight excluding hydrogens is 150 g/mol. The van der Waals surface area contributed by atoms with Crippen LogP contribution in [0.15, 0.2) is 12.7 Å². The summed E-state index contributed by atoms with van der Waals surface area (Å²) in [5.74, 6) is 0. The van der Waals surface area contributed by atoms with Crippen molar-refractivity contribution < 1.29 is 4.74 Å². The first-order valence-electron chi connectivity index (χ1n) is 4.64. The highest BCUT2D eigenvalue weighted by Crippen LogP contribution is 1.92. The topological polar surface area (TPSA) is 21.3 Å².